The van der Waals surface area contributed by atoms with Crippen LogP contribution >= 0.6 is 0 Å². The lowest BCUT2D eigenvalue weighted by Gasteiger charge is -2.11. The van der Waals surface area contributed by atoms with Gasteiger partial charge in [0.05, 0.1) is 10.8 Å². The van der Waals surface area contributed by atoms with Crippen molar-refractivity contribution in [3.8, 4) is 11.5 Å². The van der Waals surface area contributed by atoms with E-state index in [1.807, 2.05) is 12.1 Å². The van der Waals surface area contributed by atoms with E-state index in [1.165, 1.54) is 0 Å². The van der Waals surface area contributed by atoms with Gasteiger partial charge in [-0.05, 0) is 24.3 Å². The van der Waals surface area contributed by atoms with Crippen LogP contribution in [0.15, 0.2) is 33.1 Å². The van der Waals surface area contributed by atoms with E-state index in [0.29, 0.717) is 0 Å². The molecule has 0 aliphatic rings. The summed E-state index contributed by atoms with van der Waals surface area (Å²) in [6.45, 7) is 13.7. The first-order chi connectivity index (χ1) is 8.18. The summed E-state index contributed by atoms with van der Waals surface area (Å²) in [5, 5.41) is 2.26. The van der Waals surface area contributed by atoms with Crippen molar-refractivity contribution in [3.63, 3.8) is 0 Å². The second-order valence-electron chi connectivity index (χ2n) is 6.83. The van der Waals surface area contributed by atoms with E-state index in [2.05, 4.69) is 51.4 Å². The van der Waals surface area contributed by atoms with Crippen LogP contribution in [0.25, 0.3) is 11.5 Å². The quantitative estimate of drug-likeness (QED) is 0.801. The van der Waals surface area contributed by atoms with E-state index in [1.54, 1.807) is 0 Å². The molecule has 0 bridgehead atoms. The molecule has 2 aromatic heterocycles. The van der Waals surface area contributed by atoms with E-state index in [4.69, 9.17) is 8.83 Å². The minimum atomic E-state index is -1.37. The van der Waals surface area contributed by atoms with Gasteiger partial charge in [-0.1, -0.05) is 39.3 Å². The molecule has 0 fully saturated rings. The largest absolute Gasteiger partial charge is 0.463 e. The van der Waals surface area contributed by atoms with Crippen LogP contribution in [0.3, 0.4) is 0 Å². The highest BCUT2D eigenvalue weighted by Gasteiger charge is 2.24. The van der Waals surface area contributed by atoms with Gasteiger partial charge in [-0.2, -0.15) is 0 Å². The van der Waals surface area contributed by atoms with Gasteiger partial charge in [-0.15, -0.1) is 0 Å². The van der Waals surface area contributed by atoms with Crippen molar-refractivity contribution < 1.29 is 8.83 Å². The maximum Gasteiger partial charge on any atom is 0.168 e. The predicted octanol–water partition coefficient (Wildman–Crippen LogP) is 3.63. The first kappa shape index (κ1) is 13.4. The summed E-state index contributed by atoms with van der Waals surface area (Å²) in [5.41, 5.74) is 0. The van der Waals surface area contributed by atoms with Crippen LogP contribution in [0.1, 0.15) is 0 Å². The van der Waals surface area contributed by atoms with Gasteiger partial charge in [0.25, 0.3) is 0 Å². The summed E-state index contributed by atoms with van der Waals surface area (Å²) in [6, 6.07) is 8.25. The minimum Gasteiger partial charge on any atom is -0.463 e. The molecular formula is C14H22O2Si2. The second-order valence-corrected chi connectivity index (χ2v) is 16.8. The van der Waals surface area contributed by atoms with E-state index in [9.17, 15) is 0 Å². The Morgan fingerprint density at radius 1 is 0.611 bits per heavy atom. The molecule has 0 aromatic carbocycles. The van der Waals surface area contributed by atoms with E-state index >= 15 is 0 Å². The highest BCUT2D eigenvalue weighted by Crippen LogP contribution is 2.21. The molecule has 98 valence electrons. The average Bonchev–Trinajstić information content (AvgIpc) is 2.84. The van der Waals surface area contributed by atoms with E-state index < -0.39 is 16.1 Å². The summed E-state index contributed by atoms with van der Waals surface area (Å²) >= 11 is 0. The van der Waals surface area contributed by atoms with Crippen molar-refractivity contribution in [2.75, 3.05) is 0 Å². The lowest BCUT2D eigenvalue weighted by Crippen LogP contribution is -2.36. The Kier molecular flexibility index (Phi) is 3.19. The van der Waals surface area contributed by atoms with E-state index in [0.717, 1.165) is 22.3 Å². The number of rotatable bonds is 3. The van der Waals surface area contributed by atoms with Gasteiger partial charge >= 0.3 is 0 Å². The number of furan rings is 2. The Morgan fingerprint density at radius 2 is 0.944 bits per heavy atom. The highest BCUT2D eigenvalue weighted by atomic mass is 28.3. The topological polar surface area (TPSA) is 26.3 Å². The third-order valence-corrected chi connectivity index (χ3v) is 6.43. The molecule has 0 amide bonds. The zero-order chi connectivity index (χ0) is 13.6. The summed E-state index contributed by atoms with van der Waals surface area (Å²) in [4.78, 5) is 0. The van der Waals surface area contributed by atoms with Crippen LogP contribution < -0.4 is 10.8 Å². The summed E-state index contributed by atoms with van der Waals surface area (Å²) in [5.74, 6) is 1.72. The van der Waals surface area contributed by atoms with Gasteiger partial charge in [0.2, 0.25) is 0 Å². The van der Waals surface area contributed by atoms with Crippen LogP contribution in [0.2, 0.25) is 39.3 Å². The molecular weight excluding hydrogens is 256 g/mol. The highest BCUT2D eigenvalue weighted by molar-refractivity contribution is 6.88. The predicted molar refractivity (Wildman–Crippen MR) is 82.4 cm³/mol. The van der Waals surface area contributed by atoms with Crippen molar-refractivity contribution in [3.05, 3.63) is 24.3 Å². The average molecular weight is 278 g/mol. The van der Waals surface area contributed by atoms with E-state index in [-0.39, 0.29) is 0 Å². The van der Waals surface area contributed by atoms with Gasteiger partial charge in [0.15, 0.2) is 11.5 Å². The first-order valence-corrected chi connectivity index (χ1v) is 13.4. The summed E-state index contributed by atoms with van der Waals surface area (Å²) in [7, 11) is -2.75. The molecule has 0 radical (unpaired) electrons. The molecule has 0 atom stereocenters. The number of hydrogen-bond acceptors (Lipinski definition) is 2. The standard InChI is InChI=1S/C14H22O2Si2/c1-17(2,3)13-9-7-11(15-13)12-8-10-14(16-12)18(4,5)6/h7-10H,1-6H3. The molecule has 0 saturated heterocycles. The minimum absolute atomic E-state index is 0.858. The second kappa shape index (κ2) is 4.28. The monoisotopic (exact) mass is 278 g/mol. The molecule has 0 aliphatic carbocycles. The van der Waals surface area contributed by atoms with Gasteiger partial charge < -0.3 is 8.83 Å². The Balaban J connectivity index is 2.33. The molecule has 2 nitrogen and oxygen atoms in total. The smallest absolute Gasteiger partial charge is 0.168 e. The van der Waals surface area contributed by atoms with Crippen LogP contribution in [-0.2, 0) is 0 Å². The SMILES string of the molecule is C[Si](C)(C)c1ccc(-c2ccc([Si](C)(C)C)o2)o1. The van der Waals surface area contributed by atoms with Crippen molar-refractivity contribution in [1.82, 2.24) is 0 Å². The van der Waals surface area contributed by atoms with Gasteiger partial charge in [0, 0.05) is 0 Å². The molecule has 0 aliphatic heterocycles. The van der Waals surface area contributed by atoms with Gasteiger partial charge in [-0.25, -0.2) is 0 Å². The first-order valence-electron chi connectivity index (χ1n) is 6.39. The molecule has 0 spiro atoms. The fraction of sp³-hybridized carbons (Fsp3) is 0.429. The number of hydrogen-bond donors (Lipinski definition) is 0. The molecule has 2 heterocycles. The van der Waals surface area contributed by atoms with Crippen molar-refractivity contribution in [2.45, 2.75) is 39.3 Å². The third kappa shape index (κ3) is 2.70. The molecule has 4 heteroatoms. The molecule has 0 saturated carbocycles. The molecule has 2 aromatic rings. The van der Waals surface area contributed by atoms with Gasteiger partial charge in [-0.3, -0.25) is 0 Å². The third-order valence-electron chi connectivity index (χ3n) is 2.93. The van der Waals surface area contributed by atoms with Crippen LogP contribution in [0.5, 0.6) is 0 Å². The fourth-order valence-electron chi connectivity index (χ4n) is 1.75. The lowest BCUT2D eigenvalue weighted by molar-refractivity contribution is 0.553. The normalized spacial score (nSPS) is 13.0. The molecule has 0 N–H and O–H groups in total. The molecule has 2 rings (SSSR count). The molecule has 18 heavy (non-hydrogen) atoms. The van der Waals surface area contributed by atoms with Gasteiger partial charge in [0.1, 0.15) is 16.1 Å². The van der Waals surface area contributed by atoms with Crippen molar-refractivity contribution in [1.29, 1.82) is 0 Å². The Bertz CT molecular complexity index is 488. The zero-order valence-electron chi connectivity index (χ0n) is 12.1. The van der Waals surface area contributed by atoms with Crippen molar-refractivity contribution in [2.24, 2.45) is 0 Å². The zero-order valence-corrected chi connectivity index (χ0v) is 14.1. The fourth-order valence-corrected chi connectivity index (χ4v) is 3.75. The van der Waals surface area contributed by atoms with Crippen LogP contribution in [0, 0.1) is 0 Å². The van der Waals surface area contributed by atoms with Crippen LogP contribution in [0.4, 0.5) is 0 Å². The maximum atomic E-state index is 5.94. The Morgan fingerprint density at radius 3 is 1.17 bits per heavy atom. The Hall–Kier alpha value is -1.01. The van der Waals surface area contributed by atoms with Crippen molar-refractivity contribution >= 4 is 26.9 Å². The summed E-state index contributed by atoms with van der Waals surface area (Å²) < 4.78 is 11.9. The maximum absolute atomic E-state index is 5.94. The lowest BCUT2D eigenvalue weighted by atomic mass is 10.3. The summed E-state index contributed by atoms with van der Waals surface area (Å²) in [6.07, 6.45) is 0. The Labute approximate surface area is 111 Å². The van der Waals surface area contributed by atoms with Crippen LogP contribution in [-0.4, -0.2) is 16.1 Å². The molecule has 0 unspecified atom stereocenters.